The predicted octanol–water partition coefficient (Wildman–Crippen LogP) is 4.23. The third-order valence-electron chi connectivity index (χ3n) is 2.32. The lowest BCUT2D eigenvalue weighted by Crippen LogP contribution is -1.88. The minimum atomic E-state index is -0.191. The van der Waals surface area contributed by atoms with Crippen molar-refractivity contribution in [2.24, 2.45) is 0 Å². The molecule has 1 aromatic heterocycles. The molecule has 4 heteroatoms. The van der Waals surface area contributed by atoms with Gasteiger partial charge in [0.1, 0.15) is 10.8 Å². The summed E-state index contributed by atoms with van der Waals surface area (Å²) in [5.41, 5.74) is 1.66. The fourth-order valence-corrected chi connectivity index (χ4v) is 3.11. The van der Waals surface area contributed by atoms with Crippen molar-refractivity contribution in [1.29, 1.82) is 0 Å². The van der Waals surface area contributed by atoms with Gasteiger partial charge in [0.25, 0.3) is 0 Å². The first kappa shape index (κ1) is 11.6. The van der Waals surface area contributed by atoms with Gasteiger partial charge in [0.05, 0.1) is 11.3 Å². The number of aromatic nitrogens is 1. The summed E-state index contributed by atoms with van der Waals surface area (Å²) < 4.78 is 13.8. The molecule has 0 aliphatic heterocycles. The van der Waals surface area contributed by atoms with E-state index in [9.17, 15) is 4.39 Å². The molecule has 0 N–H and O–H groups in total. The molecule has 0 aliphatic rings. The molecule has 16 heavy (non-hydrogen) atoms. The largest absolute Gasteiger partial charge is 0.241 e. The van der Waals surface area contributed by atoms with Crippen LogP contribution in [0.2, 0.25) is 0 Å². The molecule has 0 bridgehead atoms. The predicted molar refractivity (Wildman–Crippen MR) is 68.7 cm³/mol. The first-order valence-electron chi connectivity index (χ1n) is 5.03. The zero-order valence-corrected chi connectivity index (χ0v) is 10.8. The van der Waals surface area contributed by atoms with E-state index in [-0.39, 0.29) is 5.82 Å². The van der Waals surface area contributed by atoms with E-state index < -0.39 is 0 Å². The fourth-order valence-electron chi connectivity index (χ4n) is 1.47. The summed E-state index contributed by atoms with van der Waals surface area (Å²) >= 11 is 3.05. The average Bonchev–Trinajstić information content (AvgIpc) is 2.76. The SMILES string of the molecule is CCc1csc(-c2c(F)cccc2SC)n1. The van der Waals surface area contributed by atoms with Gasteiger partial charge < -0.3 is 0 Å². The number of rotatable bonds is 3. The molecule has 2 aromatic rings. The highest BCUT2D eigenvalue weighted by Crippen LogP contribution is 2.34. The summed E-state index contributed by atoms with van der Waals surface area (Å²) in [4.78, 5) is 5.38. The molecular formula is C12H12FNS2. The van der Waals surface area contributed by atoms with Crippen LogP contribution in [0.15, 0.2) is 28.5 Å². The first-order chi connectivity index (χ1) is 7.76. The minimum absolute atomic E-state index is 0.191. The third-order valence-corrected chi connectivity index (χ3v) is 4.01. The Balaban J connectivity index is 2.53. The number of aryl methyl sites for hydroxylation is 1. The Morgan fingerprint density at radius 2 is 2.25 bits per heavy atom. The highest BCUT2D eigenvalue weighted by atomic mass is 32.2. The quantitative estimate of drug-likeness (QED) is 0.759. The normalized spacial score (nSPS) is 10.7. The third kappa shape index (κ3) is 2.13. The molecule has 1 nitrogen and oxygen atoms in total. The summed E-state index contributed by atoms with van der Waals surface area (Å²) in [7, 11) is 0. The lowest BCUT2D eigenvalue weighted by Gasteiger charge is -2.04. The van der Waals surface area contributed by atoms with Crippen molar-refractivity contribution in [3.05, 3.63) is 35.1 Å². The molecule has 0 spiro atoms. The van der Waals surface area contributed by atoms with Crippen LogP contribution in [0.3, 0.4) is 0 Å². The van der Waals surface area contributed by atoms with Gasteiger partial charge in [-0.15, -0.1) is 23.1 Å². The number of thioether (sulfide) groups is 1. The van der Waals surface area contributed by atoms with Crippen molar-refractivity contribution >= 4 is 23.1 Å². The van der Waals surface area contributed by atoms with E-state index in [2.05, 4.69) is 11.9 Å². The molecule has 0 saturated carbocycles. The molecule has 84 valence electrons. The summed E-state index contributed by atoms with van der Waals surface area (Å²) in [6.07, 6.45) is 2.84. The van der Waals surface area contributed by atoms with E-state index in [1.807, 2.05) is 17.7 Å². The number of nitrogens with zero attached hydrogens (tertiary/aromatic N) is 1. The summed E-state index contributed by atoms with van der Waals surface area (Å²) in [5.74, 6) is -0.191. The second-order valence-corrected chi connectivity index (χ2v) is 5.02. The van der Waals surface area contributed by atoms with Crippen LogP contribution in [0.25, 0.3) is 10.6 Å². The molecule has 0 unspecified atom stereocenters. The van der Waals surface area contributed by atoms with E-state index in [1.165, 1.54) is 17.4 Å². The van der Waals surface area contributed by atoms with Crippen LogP contribution in [0, 0.1) is 5.82 Å². The van der Waals surface area contributed by atoms with Crippen molar-refractivity contribution in [3.8, 4) is 10.6 Å². The molecule has 0 radical (unpaired) electrons. The fraction of sp³-hybridized carbons (Fsp3) is 0.250. The number of benzene rings is 1. The Morgan fingerprint density at radius 3 is 2.88 bits per heavy atom. The maximum absolute atomic E-state index is 13.8. The van der Waals surface area contributed by atoms with Gasteiger partial charge >= 0.3 is 0 Å². The van der Waals surface area contributed by atoms with E-state index in [0.29, 0.717) is 5.56 Å². The van der Waals surface area contributed by atoms with Gasteiger partial charge in [-0.2, -0.15) is 0 Å². The molecule has 0 saturated heterocycles. The number of hydrogen-bond donors (Lipinski definition) is 0. The van der Waals surface area contributed by atoms with Crippen molar-refractivity contribution in [1.82, 2.24) is 4.98 Å². The lowest BCUT2D eigenvalue weighted by atomic mass is 10.2. The minimum Gasteiger partial charge on any atom is -0.241 e. The maximum atomic E-state index is 13.8. The average molecular weight is 253 g/mol. The Labute approximate surface area is 103 Å². The Bertz CT molecular complexity index is 494. The summed E-state index contributed by atoms with van der Waals surface area (Å²) in [6.45, 7) is 2.05. The highest BCUT2D eigenvalue weighted by molar-refractivity contribution is 7.98. The second-order valence-electron chi connectivity index (χ2n) is 3.31. The zero-order chi connectivity index (χ0) is 11.5. The van der Waals surface area contributed by atoms with Crippen LogP contribution < -0.4 is 0 Å². The molecule has 1 heterocycles. The van der Waals surface area contributed by atoms with Crippen LogP contribution in [0.5, 0.6) is 0 Å². The van der Waals surface area contributed by atoms with E-state index in [1.54, 1.807) is 17.8 Å². The van der Waals surface area contributed by atoms with Gasteiger partial charge in [0.15, 0.2) is 0 Å². The maximum Gasteiger partial charge on any atom is 0.134 e. The lowest BCUT2D eigenvalue weighted by molar-refractivity contribution is 0.628. The van der Waals surface area contributed by atoms with Crippen LogP contribution in [-0.4, -0.2) is 11.2 Å². The second kappa shape index (κ2) is 4.97. The molecule has 0 amide bonds. The van der Waals surface area contributed by atoms with Gasteiger partial charge in [-0.05, 0) is 24.8 Å². The van der Waals surface area contributed by atoms with E-state index in [0.717, 1.165) is 22.0 Å². The van der Waals surface area contributed by atoms with Crippen LogP contribution in [0.1, 0.15) is 12.6 Å². The molecule has 0 fully saturated rings. The Kier molecular flexibility index (Phi) is 3.61. The molecular weight excluding hydrogens is 241 g/mol. The van der Waals surface area contributed by atoms with Crippen molar-refractivity contribution < 1.29 is 4.39 Å². The van der Waals surface area contributed by atoms with Crippen LogP contribution in [-0.2, 0) is 6.42 Å². The molecule has 2 rings (SSSR count). The number of thiazole rings is 1. The number of hydrogen-bond acceptors (Lipinski definition) is 3. The van der Waals surface area contributed by atoms with Crippen LogP contribution in [0.4, 0.5) is 4.39 Å². The van der Waals surface area contributed by atoms with Crippen molar-refractivity contribution in [3.63, 3.8) is 0 Å². The zero-order valence-electron chi connectivity index (χ0n) is 9.16. The highest BCUT2D eigenvalue weighted by Gasteiger charge is 2.13. The molecule has 0 aliphatic carbocycles. The monoisotopic (exact) mass is 253 g/mol. The molecule has 0 atom stereocenters. The van der Waals surface area contributed by atoms with E-state index >= 15 is 0 Å². The Hall–Kier alpha value is -0.870. The van der Waals surface area contributed by atoms with Crippen molar-refractivity contribution in [2.75, 3.05) is 6.26 Å². The van der Waals surface area contributed by atoms with Crippen LogP contribution >= 0.6 is 23.1 Å². The standard InChI is InChI=1S/C12H12FNS2/c1-3-8-7-16-12(14-8)11-9(13)5-4-6-10(11)15-2/h4-7H,3H2,1-2H3. The summed E-state index contributed by atoms with van der Waals surface area (Å²) in [5, 5.41) is 2.77. The van der Waals surface area contributed by atoms with Gasteiger partial charge in [-0.1, -0.05) is 13.0 Å². The summed E-state index contributed by atoms with van der Waals surface area (Å²) in [6, 6.07) is 5.15. The van der Waals surface area contributed by atoms with E-state index in [4.69, 9.17) is 0 Å². The van der Waals surface area contributed by atoms with Gasteiger partial charge in [-0.25, -0.2) is 9.37 Å². The van der Waals surface area contributed by atoms with Gasteiger partial charge in [-0.3, -0.25) is 0 Å². The topological polar surface area (TPSA) is 12.9 Å². The van der Waals surface area contributed by atoms with Gasteiger partial charge in [0, 0.05) is 10.3 Å². The molecule has 1 aromatic carbocycles. The van der Waals surface area contributed by atoms with Crippen molar-refractivity contribution in [2.45, 2.75) is 18.2 Å². The first-order valence-corrected chi connectivity index (χ1v) is 7.14. The van der Waals surface area contributed by atoms with Gasteiger partial charge in [0.2, 0.25) is 0 Å². The Morgan fingerprint density at radius 1 is 1.44 bits per heavy atom. The number of halogens is 1. The smallest absolute Gasteiger partial charge is 0.134 e.